The van der Waals surface area contributed by atoms with E-state index in [9.17, 15) is 19.5 Å². The first-order valence-corrected chi connectivity index (χ1v) is 4.75. The quantitative estimate of drug-likeness (QED) is 0.535. The molecule has 0 heterocycles. The molecule has 0 atom stereocenters. The van der Waals surface area contributed by atoms with Gasteiger partial charge in [-0.1, -0.05) is 0 Å². The Balaban J connectivity index is 2.83. The second kappa shape index (κ2) is 5.11. The number of amides is 1. The highest BCUT2D eigenvalue weighted by atomic mass is 16.4. The number of hydrogen-bond acceptors (Lipinski definition) is 4. The van der Waals surface area contributed by atoms with E-state index in [0.717, 1.165) is 6.07 Å². The van der Waals surface area contributed by atoms with E-state index in [1.807, 2.05) is 0 Å². The Bertz CT molecular complexity index is 481. The molecule has 0 radical (unpaired) electrons. The van der Waals surface area contributed by atoms with Crippen molar-refractivity contribution in [2.45, 2.75) is 13.3 Å². The maximum Gasteiger partial charge on any atom is 0.335 e. The van der Waals surface area contributed by atoms with Crippen LogP contribution in [0.5, 0.6) is 5.75 Å². The van der Waals surface area contributed by atoms with Crippen molar-refractivity contribution >= 4 is 23.3 Å². The Morgan fingerprint density at radius 1 is 1.29 bits per heavy atom. The fraction of sp³-hybridized carbons (Fsp3) is 0.182. The van der Waals surface area contributed by atoms with Crippen molar-refractivity contribution in [3.8, 4) is 5.75 Å². The number of anilines is 1. The summed E-state index contributed by atoms with van der Waals surface area (Å²) in [5.74, 6) is -2.40. The third-order valence-electron chi connectivity index (χ3n) is 1.93. The minimum atomic E-state index is -1.18. The standard InChI is InChI=1S/C11H11NO5/c1-6(13)4-10(15)12-8-3-2-7(11(16)17)5-9(8)14/h2-3,5,14H,4H2,1H3,(H,12,15)(H,16,17). The zero-order chi connectivity index (χ0) is 13.0. The maximum atomic E-state index is 11.2. The molecule has 6 nitrogen and oxygen atoms in total. The van der Waals surface area contributed by atoms with Crippen molar-refractivity contribution in [2.75, 3.05) is 5.32 Å². The van der Waals surface area contributed by atoms with Crippen LogP contribution in [0.25, 0.3) is 0 Å². The molecule has 1 amide bonds. The molecule has 0 fully saturated rings. The highest BCUT2D eigenvalue weighted by Gasteiger charge is 2.11. The predicted octanol–water partition coefficient (Wildman–Crippen LogP) is 1.01. The van der Waals surface area contributed by atoms with Crippen LogP contribution in [0.2, 0.25) is 0 Å². The van der Waals surface area contributed by atoms with E-state index >= 15 is 0 Å². The van der Waals surface area contributed by atoms with Crippen molar-refractivity contribution in [1.82, 2.24) is 0 Å². The number of ketones is 1. The van der Waals surface area contributed by atoms with Gasteiger partial charge in [-0.3, -0.25) is 9.59 Å². The van der Waals surface area contributed by atoms with Crippen LogP contribution in [0.1, 0.15) is 23.7 Å². The molecular weight excluding hydrogens is 226 g/mol. The van der Waals surface area contributed by atoms with Crippen molar-refractivity contribution in [2.24, 2.45) is 0 Å². The summed E-state index contributed by atoms with van der Waals surface area (Å²) in [5, 5.41) is 20.4. The number of carbonyl (C=O) groups is 3. The molecular formula is C11H11NO5. The first kappa shape index (κ1) is 12.7. The van der Waals surface area contributed by atoms with Crippen LogP contribution in [-0.4, -0.2) is 27.9 Å². The first-order valence-electron chi connectivity index (χ1n) is 4.75. The van der Waals surface area contributed by atoms with Gasteiger partial charge in [-0.25, -0.2) is 4.79 Å². The van der Waals surface area contributed by atoms with Crippen LogP contribution in [0.15, 0.2) is 18.2 Å². The summed E-state index contributed by atoms with van der Waals surface area (Å²) in [7, 11) is 0. The average Bonchev–Trinajstić information content (AvgIpc) is 2.19. The topological polar surface area (TPSA) is 104 Å². The molecule has 1 rings (SSSR count). The van der Waals surface area contributed by atoms with Crippen molar-refractivity contribution in [3.63, 3.8) is 0 Å². The molecule has 90 valence electrons. The number of Topliss-reactive ketones (excluding diaryl/α,β-unsaturated/α-hetero) is 1. The number of phenolic OH excluding ortho intramolecular Hbond substituents is 1. The molecule has 0 aliphatic carbocycles. The second-order valence-corrected chi connectivity index (χ2v) is 3.46. The highest BCUT2D eigenvalue weighted by Crippen LogP contribution is 2.24. The zero-order valence-electron chi connectivity index (χ0n) is 9.06. The minimum absolute atomic E-state index is 0.0706. The minimum Gasteiger partial charge on any atom is -0.506 e. The van der Waals surface area contributed by atoms with Crippen LogP contribution >= 0.6 is 0 Å². The number of carboxylic acids is 1. The third-order valence-corrected chi connectivity index (χ3v) is 1.93. The van der Waals surface area contributed by atoms with Crippen LogP contribution in [-0.2, 0) is 9.59 Å². The van der Waals surface area contributed by atoms with Gasteiger partial charge in [0.05, 0.1) is 17.7 Å². The molecule has 1 aromatic carbocycles. The molecule has 0 spiro atoms. The van der Waals surface area contributed by atoms with E-state index in [4.69, 9.17) is 5.11 Å². The van der Waals surface area contributed by atoms with E-state index in [1.54, 1.807) is 0 Å². The van der Waals surface area contributed by atoms with E-state index in [1.165, 1.54) is 19.1 Å². The summed E-state index contributed by atoms with van der Waals surface area (Å²) in [6, 6.07) is 3.52. The first-order chi connectivity index (χ1) is 7.90. The molecule has 0 bridgehead atoms. The number of aromatic carboxylic acids is 1. The van der Waals surface area contributed by atoms with E-state index in [2.05, 4.69) is 5.32 Å². The van der Waals surface area contributed by atoms with Gasteiger partial charge in [0.1, 0.15) is 11.5 Å². The Morgan fingerprint density at radius 3 is 2.41 bits per heavy atom. The molecule has 0 saturated heterocycles. The monoisotopic (exact) mass is 237 g/mol. The lowest BCUT2D eigenvalue weighted by atomic mass is 10.2. The molecule has 6 heteroatoms. The summed E-state index contributed by atoms with van der Waals surface area (Å²) in [6.07, 6.45) is -0.292. The van der Waals surface area contributed by atoms with E-state index in [-0.39, 0.29) is 29.2 Å². The van der Waals surface area contributed by atoms with Crippen LogP contribution in [0.3, 0.4) is 0 Å². The van der Waals surface area contributed by atoms with Gasteiger partial charge in [0.25, 0.3) is 0 Å². The highest BCUT2D eigenvalue weighted by molar-refractivity contribution is 6.04. The van der Waals surface area contributed by atoms with Crippen LogP contribution in [0, 0.1) is 0 Å². The molecule has 1 aromatic rings. The number of carboxylic acid groups (broad SMARTS) is 1. The number of nitrogens with one attached hydrogen (secondary N) is 1. The number of phenols is 1. The number of aromatic hydroxyl groups is 1. The normalized spacial score (nSPS) is 9.71. The second-order valence-electron chi connectivity index (χ2n) is 3.46. The number of hydrogen-bond donors (Lipinski definition) is 3. The summed E-state index contributed by atoms with van der Waals surface area (Å²) in [4.78, 5) is 32.5. The molecule has 17 heavy (non-hydrogen) atoms. The largest absolute Gasteiger partial charge is 0.506 e. The fourth-order valence-corrected chi connectivity index (χ4v) is 1.19. The van der Waals surface area contributed by atoms with Gasteiger partial charge in [0.15, 0.2) is 0 Å². The lowest BCUT2D eigenvalue weighted by Gasteiger charge is -2.06. The molecule has 0 aromatic heterocycles. The van der Waals surface area contributed by atoms with Gasteiger partial charge in [0, 0.05) is 0 Å². The maximum absolute atomic E-state index is 11.2. The third kappa shape index (κ3) is 3.60. The summed E-state index contributed by atoms with van der Waals surface area (Å²) in [6.45, 7) is 1.27. The molecule has 3 N–H and O–H groups in total. The lowest BCUT2D eigenvalue weighted by molar-refractivity contribution is -0.124. The molecule has 0 unspecified atom stereocenters. The molecule has 0 aliphatic rings. The van der Waals surface area contributed by atoms with Crippen LogP contribution < -0.4 is 5.32 Å². The van der Waals surface area contributed by atoms with Crippen molar-refractivity contribution < 1.29 is 24.6 Å². The number of rotatable bonds is 4. The van der Waals surface area contributed by atoms with Gasteiger partial charge >= 0.3 is 5.97 Å². The molecule has 0 aliphatic heterocycles. The zero-order valence-corrected chi connectivity index (χ0v) is 9.06. The lowest BCUT2D eigenvalue weighted by Crippen LogP contribution is -2.14. The Kier molecular flexibility index (Phi) is 3.82. The van der Waals surface area contributed by atoms with E-state index in [0.29, 0.717) is 0 Å². The average molecular weight is 237 g/mol. The van der Waals surface area contributed by atoms with Gasteiger partial charge in [0.2, 0.25) is 5.91 Å². The fourth-order valence-electron chi connectivity index (χ4n) is 1.19. The van der Waals surface area contributed by atoms with Gasteiger partial charge in [-0.2, -0.15) is 0 Å². The van der Waals surface area contributed by atoms with Gasteiger partial charge < -0.3 is 15.5 Å². The van der Waals surface area contributed by atoms with Gasteiger partial charge in [-0.15, -0.1) is 0 Å². The Labute approximate surface area is 96.9 Å². The summed E-state index contributed by atoms with van der Waals surface area (Å²) >= 11 is 0. The molecule has 0 saturated carbocycles. The summed E-state index contributed by atoms with van der Waals surface area (Å²) in [5.41, 5.74) is -0.0201. The predicted molar refractivity (Wildman–Crippen MR) is 59.0 cm³/mol. The number of benzene rings is 1. The Morgan fingerprint density at radius 2 is 1.94 bits per heavy atom. The Hall–Kier alpha value is -2.37. The SMILES string of the molecule is CC(=O)CC(=O)Nc1ccc(C(=O)O)cc1O. The van der Waals surface area contributed by atoms with E-state index < -0.39 is 11.9 Å². The van der Waals surface area contributed by atoms with Crippen molar-refractivity contribution in [1.29, 1.82) is 0 Å². The smallest absolute Gasteiger partial charge is 0.335 e. The van der Waals surface area contributed by atoms with Crippen LogP contribution in [0.4, 0.5) is 5.69 Å². The number of carbonyl (C=O) groups excluding carboxylic acids is 2. The summed E-state index contributed by atoms with van der Waals surface area (Å²) < 4.78 is 0. The van der Waals surface area contributed by atoms with Gasteiger partial charge in [-0.05, 0) is 25.1 Å². The van der Waals surface area contributed by atoms with Crippen molar-refractivity contribution in [3.05, 3.63) is 23.8 Å².